The molecule has 0 radical (unpaired) electrons. The van der Waals surface area contributed by atoms with Gasteiger partial charge < -0.3 is 14.9 Å². The Morgan fingerprint density at radius 1 is 0.514 bits per heavy atom. The highest BCUT2D eigenvalue weighted by Gasteiger charge is 2.51. The van der Waals surface area contributed by atoms with E-state index < -0.39 is 12.5 Å². The molecule has 0 unspecified atom stereocenters. The van der Waals surface area contributed by atoms with Gasteiger partial charge in [0.25, 0.3) is 0 Å². The molecule has 0 aromatic heterocycles. The molecule has 5 aromatic carbocycles. The summed E-state index contributed by atoms with van der Waals surface area (Å²) in [5, 5.41) is 20.3. The lowest BCUT2D eigenvalue weighted by atomic mass is 9.63. The van der Waals surface area contributed by atoms with E-state index >= 15 is 0 Å². The highest BCUT2D eigenvalue weighted by molar-refractivity contribution is 6.58. The molecule has 0 saturated carbocycles. The number of nitrogens with zero attached hydrogens (tertiary/aromatic N) is 1. The van der Waals surface area contributed by atoms with Gasteiger partial charge in [-0.2, -0.15) is 0 Å². The van der Waals surface area contributed by atoms with E-state index in [9.17, 15) is 10.0 Å². The van der Waals surface area contributed by atoms with Crippen molar-refractivity contribution >= 4 is 29.6 Å². The van der Waals surface area contributed by atoms with E-state index in [0.29, 0.717) is 5.46 Å². The Morgan fingerprint density at radius 2 is 1.06 bits per heavy atom. The average molecular weight is 451 g/mol. The van der Waals surface area contributed by atoms with Crippen LogP contribution in [0.3, 0.4) is 0 Å². The number of hydrogen-bond acceptors (Lipinski definition) is 3. The molecule has 5 aromatic rings. The summed E-state index contributed by atoms with van der Waals surface area (Å²) in [5.41, 5.74) is 10.2. The second-order valence-electron chi connectivity index (χ2n) is 9.18. The second-order valence-corrected chi connectivity index (χ2v) is 9.18. The summed E-state index contributed by atoms with van der Waals surface area (Å²) in [6, 6.07) is 42.0. The fourth-order valence-electron chi connectivity index (χ4n) is 6.14. The average Bonchev–Trinajstić information content (AvgIpc) is 3.21. The summed E-state index contributed by atoms with van der Waals surface area (Å²) in [7, 11) is -1.55. The number of hydrogen-bond donors (Lipinski definition) is 2. The van der Waals surface area contributed by atoms with Gasteiger partial charge in [-0.25, -0.2) is 0 Å². The van der Waals surface area contributed by atoms with Crippen molar-refractivity contribution in [2.24, 2.45) is 0 Å². The van der Waals surface area contributed by atoms with Crippen LogP contribution >= 0.6 is 0 Å². The molecule has 1 spiro atoms. The Morgan fingerprint density at radius 3 is 1.71 bits per heavy atom. The van der Waals surface area contributed by atoms with Crippen LogP contribution in [0, 0.1) is 0 Å². The Balaban J connectivity index is 1.68. The first-order chi connectivity index (χ1) is 17.2. The lowest BCUT2D eigenvalue weighted by Gasteiger charge is -2.45. The van der Waals surface area contributed by atoms with E-state index in [0.717, 1.165) is 22.6 Å². The van der Waals surface area contributed by atoms with Crippen LogP contribution in [0.15, 0.2) is 121 Å². The van der Waals surface area contributed by atoms with Crippen LogP contribution in [0.2, 0.25) is 0 Å². The molecule has 0 fully saturated rings. The normalized spacial score (nSPS) is 14.2. The van der Waals surface area contributed by atoms with Crippen molar-refractivity contribution in [1.29, 1.82) is 0 Å². The molecule has 1 aliphatic carbocycles. The highest BCUT2D eigenvalue weighted by atomic mass is 16.4. The van der Waals surface area contributed by atoms with Crippen LogP contribution in [0.25, 0.3) is 11.1 Å². The Kier molecular flexibility index (Phi) is 4.31. The lowest BCUT2D eigenvalue weighted by molar-refractivity contribution is 0.425. The fraction of sp³-hybridized carbons (Fsp3) is 0.0323. The third kappa shape index (κ3) is 2.64. The smallest absolute Gasteiger partial charge is 0.423 e. The van der Waals surface area contributed by atoms with Gasteiger partial charge in [0.2, 0.25) is 0 Å². The van der Waals surface area contributed by atoms with Crippen LogP contribution in [0.4, 0.5) is 17.1 Å². The first-order valence-electron chi connectivity index (χ1n) is 11.9. The third-order valence-corrected chi connectivity index (χ3v) is 7.48. The zero-order valence-corrected chi connectivity index (χ0v) is 19.0. The van der Waals surface area contributed by atoms with Crippen molar-refractivity contribution in [3.8, 4) is 11.1 Å². The molecular weight excluding hydrogens is 429 g/mol. The van der Waals surface area contributed by atoms with Crippen molar-refractivity contribution in [3.63, 3.8) is 0 Å². The molecule has 2 N–H and O–H groups in total. The molecule has 7 rings (SSSR count). The minimum atomic E-state index is -1.55. The summed E-state index contributed by atoms with van der Waals surface area (Å²) >= 11 is 0. The lowest BCUT2D eigenvalue weighted by Crippen LogP contribution is -2.39. The maximum Gasteiger partial charge on any atom is 0.488 e. The highest BCUT2D eigenvalue weighted by Crippen LogP contribution is 2.62. The largest absolute Gasteiger partial charge is 0.488 e. The first-order valence-corrected chi connectivity index (χ1v) is 11.9. The molecule has 1 aliphatic heterocycles. The summed E-state index contributed by atoms with van der Waals surface area (Å²) < 4.78 is 0. The maximum atomic E-state index is 10.2. The maximum absolute atomic E-state index is 10.2. The van der Waals surface area contributed by atoms with E-state index in [1.807, 2.05) is 36.4 Å². The number of rotatable bonds is 2. The zero-order chi connectivity index (χ0) is 23.6. The third-order valence-electron chi connectivity index (χ3n) is 7.48. The molecule has 0 bridgehead atoms. The van der Waals surface area contributed by atoms with Gasteiger partial charge in [0.15, 0.2) is 0 Å². The Hall–Kier alpha value is -4.12. The van der Waals surface area contributed by atoms with Gasteiger partial charge in [-0.05, 0) is 63.1 Å². The summed E-state index contributed by atoms with van der Waals surface area (Å²) in [6.07, 6.45) is 0. The van der Waals surface area contributed by atoms with Crippen LogP contribution in [-0.2, 0) is 5.41 Å². The SMILES string of the molecule is OB(O)c1ccc2c(c1)C1(c3ccccc3-c3ccccc31)c1ccccc1N2c1ccccc1. The summed E-state index contributed by atoms with van der Waals surface area (Å²) in [6.45, 7) is 0. The minimum Gasteiger partial charge on any atom is -0.423 e. The number of para-hydroxylation sites is 2. The summed E-state index contributed by atoms with van der Waals surface area (Å²) in [4.78, 5) is 2.28. The van der Waals surface area contributed by atoms with Gasteiger partial charge in [-0.3, -0.25) is 0 Å². The monoisotopic (exact) mass is 451 g/mol. The van der Waals surface area contributed by atoms with Crippen LogP contribution < -0.4 is 10.4 Å². The van der Waals surface area contributed by atoms with Gasteiger partial charge in [0.05, 0.1) is 16.8 Å². The van der Waals surface area contributed by atoms with Crippen molar-refractivity contribution in [2.45, 2.75) is 5.41 Å². The standard InChI is InChI=1S/C31H22BNO2/c34-32(35)21-18-19-30-28(20-21)31(25-14-6-4-12-23(25)24-13-5-7-15-26(24)31)27-16-8-9-17-29(27)33(30)22-10-2-1-3-11-22/h1-20,34-35H. The molecular formula is C31H22BNO2. The quantitative estimate of drug-likeness (QED) is 0.341. The van der Waals surface area contributed by atoms with Gasteiger partial charge in [-0.15, -0.1) is 0 Å². The predicted octanol–water partition coefficient (Wildman–Crippen LogP) is 5.51. The topological polar surface area (TPSA) is 43.7 Å². The number of anilines is 3. The zero-order valence-electron chi connectivity index (χ0n) is 19.0. The van der Waals surface area contributed by atoms with Gasteiger partial charge in [0.1, 0.15) is 0 Å². The van der Waals surface area contributed by atoms with Crippen LogP contribution in [-0.4, -0.2) is 17.2 Å². The molecule has 3 nitrogen and oxygen atoms in total. The molecule has 0 amide bonds. The van der Waals surface area contributed by atoms with Gasteiger partial charge >= 0.3 is 7.12 Å². The molecule has 0 saturated heterocycles. The van der Waals surface area contributed by atoms with E-state index in [2.05, 4.69) is 89.8 Å². The van der Waals surface area contributed by atoms with Gasteiger partial charge in [0, 0.05) is 5.69 Å². The van der Waals surface area contributed by atoms with Crippen molar-refractivity contribution in [1.82, 2.24) is 0 Å². The van der Waals surface area contributed by atoms with Crippen molar-refractivity contribution in [2.75, 3.05) is 4.90 Å². The van der Waals surface area contributed by atoms with Crippen LogP contribution in [0.1, 0.15) is 22.3 Å². The molecule has 4 heteroatoms. The summed E-state index contributed by atoms with van der Waals surface area (Å²) in [5.74, 6) is 0. The number of benzene rings is 5. The minimum absolute atomic E-state index is 0.484. The molecule has 35 heavy (non-hydrogen) atoms. The fourth-order valence-corrected chi connectivity index (χ4v) is 6.14. The Labute approximate surface area is 204 Å². The van der Waals surface area contributed by atoms with Crippen molar-refractivity contribution < 1.29 is 10.0 Å². The van der Waals surface area contributed by atoms with E-state index in [1.54, 1.807) is 0 Å². The van der Waals surface area contributed by atoms with E-state index in [1.165, 1.54) is 27.8 Å². The first kappa shape index (κ1) is 20.3. The molecule has 0 atom stereocenters. The predicted molar refractivity (Wildman–Crippen MR) is 142 cm³/mol. The Bertz CT molecular complexity index is 1550. The second kappa shape index (κ2) is 7.44. The van der Waals surface area contributed by atoms with Crippen LogP contribution in [0.5, 0.6) is 0 Å². The molecule has 166 valence electrons. The van der Waals surface area contributed by atoms with Gasteiger partial charge in [-0.1, -0.05) is 97.1 Å². The number of fused-ring (bicyclic) bond motifs is 9. The molecule has 1 heterocycles. The molecule has 2 aliphatic rings. The van der Waals surface area contributed by atoms with E-state index in [-0.39, 0.29) is 0 Å². The van der Waals surface area contributed by atoms with E-state index in [4.69, 9.17) is 0 Å². The van der Waals surface area contributed by atoms with Crippen molar-refractivity contribution in [3.05, 3.63) is 144 Å².